The van der Waals surface area contributed by atoms with E-state index in [-0.39, 0.29) is 12.2 Å². The number of carboxylic acid groups (broad SMARTS) is 1. The number of carbonyl (C=O) groups is 2. The van der Waals surface area contributed by atoms with Crippen molar-refractivity contribution in [2.45, 2.75) is 19.8 Å². The Balaban J connectivity index is 2.78. The van der Waals surface area contributed by atoms with Gasteiger partial charge in [-0.2, -0.15) is 0 Å². The third kappa shape index (κ3) is 3.39. The van der Waals surface area contributed by atoms with Crippen molar-refractivity contribution >= 4 is 11.8 Å². The minimum Gasteiger partial charge on any atom is -0.481 e. The molecule has 0 saturated heterocycles. The van der Waals surface area contributed by atoms with Gasteiger partial charge in [0.15, 0.2) is 0 Å². The summed E-state index contributed by atoms with van der Waals surface area (Å²) in [6.45, 7) is 1.52. The van der Waals surface area contributed by atoms with E-state index in [1.54, 1.807) is 18.2 Å². The summed E-state index contributed by atoms with van der Waals surface area (Å²) in [5.41, 5.74) is 1.60. The monoisotopic (exact) mass is 192 g/mol. The van der Waals surface area contributed by atoms with E-state index in [1.807, 2.05) is 6.07 Å². The molecule has 0 bridgehead atoms. The lowest BCUT2D eigenvalue weighted by Crippen LogP contribution is -2.02. The lowest BCUT2D eigenvalue weighted by atomic mass is 10.0. The molecule has 0 fully saturated rings. The van der Waals surface area contributed by atoms with Gasteiger partial charge < -0.3 is 5.11 Å². The Labute approximate surface area is 82.4 Å². The van der Waals surface area contributed by atoms with E-state index in [0.717, 1.165) is 11.1 Å². The van der Waals surface area contributed by atoms with Crippen molar-refractivity contribution in [1.82, 2.24) is 0 Å². The number of carboxylic acids is 1. The minimum absolute atomic E-state index is 0.00570. The standard InChI is InChI=1S/C11H12O3/c1-8(12)5-9-3-2-4-10(6-9)7-11(13)14/h2-4,6H,5,7H2,1H3,(H,13,14). The van der Waals surface area contributed by atoms with Gasteiger partial charge in [0.25, 0.3) is 0 Å². The average molecular weight is 192 g/mol. The van der Waals surface area contributed by atoms with Crippen molar-refractivity contribution < 1.29 is 14.7 Å². The maximum absolute atomic E-state index is 10.8. The van der Waals surface area contributed by atoms with Crippen LogP contribution in [0.15, 0.2) is 24.3 Å². The first-order valence-electron chi connectivity index (χ1n) is 4.37. The van der Waals surface area contributed by atoms with Gasteiger partial charge in [-0.15, -0.1) is 0 Å². The lowest BCUT2D eigenvalue weighted by molar-refractivity contribution is -0.136. The molecule has 1 N–H and O–H groups in total. The molecular formula is C11H12O3. The van der Waals surface area contributed by atoms with Gasteiger partial charge in [0.05, 0.1) is 6.42 Å². The summed E-state index contributed by atoms with van der Waals surface area (Å²) in [5, 5.41) is 8.57. The summed E-state index contributed by atoms with van der Waals surface area (Å²) in [7, 11) is 0. The van der Waals surface area contributed by atoms with Crippen molar-refractivity contribution in [1.29, 1.82) is 0 Å². The molecule has 1 aromatic carbocycles. The number of rotatable bonds is 4. The van der Waals surface area contributed by atoms with E-state index in [4.69, 9.17) is 5.11 Å². The van der Waals surface area contributed by atoms with E-state index >= 15 is 0 Å². The Morgan fingerprint density at radius 2 is 1.79 bits per heavy atom. The second-order valence-corrected chi connectivity index (χ2v) is 3.27. The molecule has 0 aliphatic rings. The third-order valence-corrected chi connectivity index (χ3v) is 1.80. The number of Topliss-reactive ketones (excluding diaryl/α,β-unsaturated/α-hetero) is 1. The highest BCUT2D eigenvalue weighted by molar-refractivity contribution is 5.78. The Morgan fingerprint density at radius 3 is 2.29 bits per heavy atom. The van der Waals surface area contributed by atoms with Crippen LogP contribution in [0.3, 0.4) is 0 Å². The van der Waals surface area contributed by atoms with Crippen LogP contribution in [0.2, 0.25) is 0 Å². The number of ketones is 1. The van der Waals surface area contributed by atoms with E-state index in [0.29, 0.717) is 6.42 Å². The fourth-order valence-corrected chi connectivity index (χ4v) is 1.31. The zero-order chi connectivity index (χ0) is 10.6. The molecule has 0 spiro atoms. The number of hydrogen-bond acceptors (Lipinski definition) is 2. The molecule has 74 valence electrons. The smallest absolute Gasteiger partial charge is 0.307 e. The van der Waals surface area contributed by atoms with Crippen molar-refractivity contribution in [3.8, 4) is 0 Å². The molecule has 3 nitrogen and oxygen atoms in total. The summed E-state index contributed by atoms with van der Waals surface area (Å²) in [4.78, 5) is 21.3. The Kier molecular flexibility index (Phi) is 3.40. The Bertz CT molecular complexity index is 324. The number of aliphatic carboxylic acids is 1. The van der Waals surface area contributed by atoms with E-state index in [2.05, 4.69) is 0 Å². The quantitative estimate of drug-likeness (QED) is 0.785. The van der Waals surface area contributed by atoms with Crippen LogP contribution in [0.1, 0.15) is 18.1 Å². The highest BCUT2D eigenvalue weighted by Crippen LogP contribution is 2.07. The Hall–Kier alpha value is -1.64. The first kappa shape index (κ1) is 10.4. The molecule has 0 radical (unpaired) electrons. The van der Waals surface area contributed by atoms with Gasteiger partial charge in [-0.05, 0) is 18.1 Å². The van der Waals surface area contributed by atoms with E-state index in [1.165, 1.54) is 6.92 Å². The minimum atomic E-state index is -0.857. The van der Waals surface area contributed by atoms with Crippen molar-refractivity contribution in [3.63, 3.8) is 0 Å². The summed E-state index contributed by atoms with van der Waals surface area (Å²) >= 11 is 0. The molecule has 0 atom stereocenters. The van der Waals surface area contributed by atoms with Gasteiger partial charge in [0.1, 0.15) is 5.78 Å². The van der Waals surface area contributed by atoms with E-state index < -0.39 is 5.97 Å². The summed E-state index contributed by atoms with van der Waals surface area (Å²) in [6, 6.07) is 7.11. The normalized spacial score (nSPS) is 9.79. The van der Waals surface area contributed by atoms with Crippen molar-refractivity contribution in [2.24, 2.45) is 0 Å². The highest BCUT2D eigenvalue weighted by atomic mass is 16.4. The first-order valence-corrected chi connectivity index (χ1v) is 4.37. The van der Waals surface area contributed by atoms with Crippen LogP contribution in [0, 0.1) is 0 Å². The van der Waals surface area contributed by atoms with Crippen LogP contribution in [0.4, 0.5) is 0 Å². The van der Waals surface area contributed by atoms with Gasteiger partial charge in [-0.3, -0.25) is 9.59 Å². The molecule has 0 saturated carbocycles. The first-order chi connectivity index (χ1) is 6.58. The Morgan fingerprint density at radius 1 is 1.21 bits per heavy atom. The molecular weight excluding hydrogens is 180 g/mol. The lowest BCUT2D eigenvalue weighted by Gasteiger charge is -2.01. The largest absolute Gasteiger partial charge is 0.481 e. The van der Waals surface area contributed by atoms with Crippen LogP contribution < -0.4 is 0 Å². The maximum atomic E-state index is 10.8. The van der Waals surface area contributed by atoms with Crippen LogP contribution >= 0.6 is 0 Å². The molecule has 3 heteroatoms. The highest BCUT2D eigenvalue weighted by Gasteiger charge is 2.02. The molecule has 0 aliphatic heterocycles. The number of carbonyl (C=O) groups excluding carboxylic acids is 1. The van der Waals surface area contributed by atoms with Gasteiger partial charge in [-0.1, -0.05) is 24.3 Å². The molecule has 0 aliphatic carbocycles. The third-order valence-electron chi connectivity index (χ3n) is 1.80. The number of benzene rings is 1. The SMILES string of the molecule is CC(=O)Cc1cccc(CC(=O)O)c1. The van der Waals surface area contributed by atoms with Gasteiger partial charge in [-0.25, -0.2) is 0 Å². The second-order valence-electron chi connectivity index (χ2n) is 3.27. The molecule has 0 unspecified atom stereocenters. The molecule has 0 heterocycles. The maximum Gasteiger partial charge on any atom is 0.307 e. The average Bonchev–Trinajstić information content (AvgIpc) is 2.01. The zero-order valence-electron chi connectivity index (χ0n) is 7.99. The molecule has 0 amide bonds. The molecule has 0 aromatic heterocycles. The fourth-order valence-electron chi connectivity index (χ4n) is 1.31. The predicted molar refractivity (Wildman–Crippen MR) is 52.2 cm³/mol. The van der Waals surface area contributed by atoms with Crippen molar-refractivity contribution in [2.75, 3.05) is 0 Å². The van der Waals surface area contributed by atoms with Gasteiger partial charge >= 0.3 is 5.97 Å². The van der Waals surface area contributed by atoms with Crippen molar-refractivity contribution in [3.05, 3.63) is 35.4 Å². The second kappa shape index (κ2) is 4.56. The van der Waals surface area contributed by atoms with Crippen LogP contribution in [-0.2, 0) is 22.4 Å². The van der Waals surface area contributed by atoms with Crippen LogP contribution in [0.25, 0.3) is 0 Å². The fraction of sp³-hybridized carbons (Fsp3) is 0.273. The summed E-state index contributed by atoms with van der Waals surface area (Å²) < 4.78 is 0. The van der Waals surface area contributed by atoms with Crippen LogP contribution in [0.5, 0.6) is 0 Å². The molecule has 1 aromatic rings. The predicted octanol–water partition coefficient (Wildman–Crippen LogP) is 1.45. The molecule has 14 heavy (non-hydrogen) atoms. The summed E-state index contributed by atoms with van der Waals surface area (Å²) in [5.74, 6) is -0.776. The van der Waals surface area contributed by atoms with Gasteiger partial charge in [0.2, 0.25) is 0 Å². The van der Waals surface area contributed by atoms with Crippen LogP contribution in [-0.4, -0.2) is 16.9 Å². The summed E-state index contributed by atoms with van der Waals surface area (Å²) in [6.07, 6.45) is 0.374. The molecule has 1 rings (SSSR count). The zero-order valence-corrected chi connectivity index (χ0v) is 7.99. The number of hydrogen-bond donors (Lipinski definition) is 1. The van der Waals surface area contributed by atoms with Gasteiger partial charge in [0, 0.05) is 6.42 Å². The van der Waals surface area contributed by atoms with E-state index in [9.17, 15) is 9.59 Å². The topological polar surface area (TPSA) is 54.4 Å².